The SMILES string of the molecule is COc1ccc(-c2c(C)nn3c(N4CCN(CCO)CC4)cc(-c4ccccc4)nc23)cc1. The molecule has 0 unspecified atom stereocenters. The number of hydrogen-bond donors (Lipinski definition) is 1. The van der Waals surface area contributed by atoms with Crippen molar-refractivity contribution < 1.29 is 9.84 Å². The average molecular weight is 444 g/mol. The monoisotopic (exact) mass is 443 g/mol. The maximum Gasteiger partial charge on any atom is 0.166 e. The lowest BCUT2D eigenvalue weighted by molar-refractivity contribution is 0.188. The number of β-amino-alcohol motifs (C(OH)–C–C–N with tert-alkyl or cyclic N) is 1. The van der Waals surface area contributed by atoms with Gasteiger partial charge in [-0.05, 0) is 24.6 Å². The van der Waals surface area contributed by atoms with Crippen molar-refractivity contribution in [2.24, 2.45) is 0 Å². The molecule has 33 heavy (non-hydrogen) atoms. The first-order valence-corrected chi connectivity index (χ1v) is 11.4. The van der Waals surface area contributed by atoms with Gasteiger partial charge < -0.3 is 14.7 Å². The van der Waals surface area contributed by atoms with Crippen LogP contribution in [0.15, 0.2) is 60.7 Å². The number of rotatable bonds is 6. The number of aliphatic hydroxyl groups excluding tert-OH is 1. The van der Waals surface area contributed by atoms with E-state index in [1.165, 1.54) is 0 Å². The van der Waals surface area contributed by atoms with Gasteiger partial charge in [0.15, 0.2) is 5.65 Å². The molecule has 2 aromatic heterocycles. The molecule has 1 fully saturated rings. The van der Waals surface area contributed by atoms with Gasteiger partial charge in [-0.2, -0.15) is 9.61 Å². The smallest absolute Gasteiger partial charge is 0.166 e. The van der Waals surface area contributed by atoms with Gasteiger partial charge in [0.2, 0.25) is 0 Å². The molecule has 0 spiro atoms. The van der Waals surface area contributed by atoms with Crippen LogP contribution in [0.2, 0.25) is 0 Å². The zero-order valence-electron chi connectivity index (χ0n) is 19.1. The normalized spacial score (nSPS) is 14.7. The van der Waals surface area contributed by atoms with Crippen molar-refractivity contribution in [3.05, 3.63) is 66.4 Å². The second-order valence-electron chi connectivity index (χ2n) is 8.34. The number of hydrogen-bond acceptors (Lipinski definition) is 6. The molecule has 0 radical (unpaired) electrons. The van der Waals surface area contributed by atoms with Crippen molar-refractivity contribution in [3.8, 4) is 28.1 Å². The van der Waals surface area contributed by atoms with Crippen LogP contribution in [0, 0.1) is 6.92 Å². The first-order chi connectivity index (χ1) is 16.2. The summed E-state index contributed by atoms with van der Waals surface area (Å²) >= 11 is 0. The molecule has 0 atom stereocenters. The van der Waals surface area contributed by atoms with Gasteiger partial charge >= 0.3 is 0 Å². The standard InChI is InChI=1S/C26H29N5O2/c1-19-25(21-8-10-22(33-2)11-9-21)26-27-23(20-6-4-3-5-7-20)18-24(31(26)28-19)30-14-12-29(13-15-30)16-17-32/h3-11,18,32H,12-17H2,1-2H3. The van der Waals surface area contributed by atoms with Crippen molar-refractivity contribution in [1.29, 1.82) is 0 Å². The predicted octanol–water partition coefficient (Wildman–Crippen LogP) is 3.49. The van der Waals surface area contributed by atoms with Gasteiger partial charge in [-0.15, -0.1) is 0 Å². The maximum atomic E-state index is 9.29. The zero-order valence-corrected chi connectivity index (χ0v) is 19.1. The molecule has 2 aromatic carbocycles. The van der Waals surface area contributed by atoms with E-state index in [0.717, 1.165) is 78.0 Å². The van der Waals surface area contributed by atoms with Crippen molar-refractivity contribution in [2.75, 3.05) is 51.3 Å². The molecule has 1 saturated heterocycles. The van der Waals surface area contributed by atoms with Crippen molar-refractivity contribution >= 4 is 11.5 Å². The van der Waals surface area contributed by atoms with Gasteiger partial charge in [-0.1, -0.05) is 42.5 Å². The molecule has 4 aromatic rings. The Hall–Kier alpha value is -3.42. The summed E-state index contributed by atoms with van der Waals surface area (Å²) in [7, 11) is 1.68. The Bertz CT molecular complexity index is 1230. The summed E-state index contributed by atoms with van der Waals surface area (Å²) in [6.07, 6.45) is 0. The van der Waals surface area contributed by atoms with Gasteiger partial charge in [0.1, 0.15) is 11.6 Å². The molecule has 1 aliphatic rings. The average Bonchev–Trinajstić information content (AvgIpc) is 3.20. The number of aromatic nitrogens is 3. The van der Waals surface area contributed by atoms with Crippen LogP contribution in [0.25, 0.3) is 28.0 Å². The van der Waals surface area contributed by atoms with Crippen LogP contribution in [0.5, 0.6) is 5.75 Å². The number of ether oxygens (including phenoxy) is 1. The molecule has 7 heteroatoms. The molecule has 0 aliphatic carbocycles. The number of nitrogens with zero attached hydrogens (tertiary/aromatic N) is 5. The largest absolute Gasteiger partial charge is 0.497 e. The fourth-order valence-electron chi connectivity index (χ4n) is 4.53. The zero-order chi connectivity index (χ0) is 22.8. The Morgan fingerprint density at radius 2 is 1.67 bits per heavy atom. The molecule has 1 aliphatic heterocycles. The molecule has 1 N–H and O–H groups in total. The fraction of sp³-hybridized carbons (Fsp3) is 0.308. The van der Waals surface area contributed by atoms with E-state index in [-0.39, 0.29) is 6.61 Å². The lowest BCUT2D eigenvalue weighted by Crippen LogP contribution is -2.47. The van der Waals surface area contributed by atoms with Gasteiger partial charge in [-0.25, -0.2) is 4.98 Å². The van der Waals surface area contributed by atoms with Crippen molar-refractivity contribution in [2.45, 2.75) is 6.92 Å². The molecule has 3 heterocycles. The highest BCUT2D eigenvalue weighted by Crippen LogP contribution is 2.33. The van der Waals surface area contributed by atoms with E-state index in [1.807, 2.05) is 41.8 Å². The second kappa shape index (κ2) is 9.21. The molecular weight excluding hydrogens is 414 g/mol. The minimum Gasteiger partial charge on any atom is -0.497 e. The quantitative estimate of drug-likeness (QED) is 0.492. The van der Waals surface area contributed by atoms with E-state index < -0.39 is 0 Å². The van der Waals surface area contributed by atoms with Crippen LogP contribution >= 0.6 is 0 Å². The van der Waals surface area contributed by atoms with Crippen LogP contribution < -0.4 is 9.64 Å². The van der Waals surface area contributed by atoms with E-state index in [1.54, 1.807) is 7.11 Å². The summed E-state index contributed by atoms with van der Waals surface area (Å²) in [4.78, 5) is 9.75. The molecule has 7 nitrogen and oxygen atoms in total. The van der Waals surface area contributed by atoms with Gasteiger partial charge in [0, 0.05) is 49.9 Å². The summed E-state index contributed by atoms with van der Waals surface area (Å²) in [6.45, 7) is 6.54. The third-order valence-electron chi connectivity index (χ3n) is 6.31. The molecule has 0 saturated carbocycles. The predicted molar refractivity (Wildman–Crippen MR) is 131 cm³/mol. The first-order valence-electron chi connectivity index (χ1n) is 11.4. The number of anilines is 1. The minimum atomic E-state index is 0.196. The van der Waals surface area contributed by atoms with Crippen LogP contribution in [0.3, 0.4) is 0 Å². The molecule has 0 bridgehead atoms. The van der Waals surface area contributed by atoms with E-state index in [4.69, 9.17) is 14.8 Å². The number of fused-ring (bicyclic) bond motifs is 1. The number of aliphatic hydroxyl groups is 1. The molecule has 170 valence electrons. The lowest BCUT2D eigenvalue weighted by atomic mass is 10.1. The highest BCUT2D eigenvalue weighted by Gasteiger charge is 2.23. The minimum absolute atomic E-state index is 0.196. The highest BCUT2D eigenvalue weighted by molar-refractivity contribution is 5.83. The van der Waals surface area contributed by atoms with Crippen molar-refractivity contribution in [1.82, 2.24) is 19.5 Å². The topological polar surface area (TPSA) is 66.1 Å². The molecular formula is C26H29N5O2. The highest BCUT2D eigenvalue weighted by atomic mass is 16.5. The Morgan fingerprint density at radius 3 is 2.33 bits per heavy atom. The fourth-order valence-corrected chi connectivity index (χ4v) is 4.53. The summed E-state index contributed by atoms with van der Waals surface area (Å²) in [5.74, 6) is 1.87. The number of benzene rings is 2. The Labute approximate surface area is 193 Å². The Kier molecular flexibility index (Phi) is 5.98. The summed E-state index contributed by atoms with van der Waals surface area (Å²) < 4.78 is 7.33. The van der Waals surface area contributed by atoms with Crippen LogP contribution in [0.4, 0.5) is 5.82 Å². The van der Waals surface area contributed by atoms with Gasteiger partial charge in [-0.3, -0.25) is 4.90 Å². The lowest BCUT2D eigenvalue weighted by Gasteiger charge is -2.35. The van der Waals surface area contributed by atoms with Gasteiger partial charge in [0.05, 0.1) is 25.1 Å². The van der Waals surface area contributed by atoms with E-state index in [0.29, 0.717) is 0 Å². The van der Waals surface area contributed by atoms with E-state index >= 15 is 0 Å². The molecule has 5 rings (SSSR count). The third-order valence-corrected chi connectivity index (χ3v) is 6.31. The number of piperazine rings is 1. The Morgan fingerprint density at radius 1 is 0.939 bits per heavy atom. The van der Waals surface area contributed by atoms with Crippen LogP contribution in [0.1, 0.15) is 5.69 Å². The number of methoxy groups -OCH3 is 1. The number of aryl methyl sites for hydroxylation is 1. The Balaban J connectivity index is 1.64. The van der Waals surface area contributed by atoms with Crippen LogP contribution in [-0.2, 0) is 0 Å². The molecule has 0 amide bonds. The van der Waals surface area contributed by atoms with E-state index in [2.05, 4.69) is 40.1 Å². The van der Waals surface area contributed by atoms with E-state index in [9.17, 15) is 5.11 Å². The van der Waals surface area contributed by atoms with Crippen LogP contribution in [-0.4, -0.2) is 71.0 Å². The van der Waals surface area contributed by atoms with Gasteiger partial charge in [0.25, 0.3) is 0 Å². The van der Waals surface area contributed by atoms with Crippen molar-refractivity contribution in [3.63, 3.8) is 0 Å². The summed E-state index contributed by atoms with van der Waals surface area (Å²) in [5, 5.41) is 14.2. The second-order valence-corrected chi connectivity index (χ2v) is 8.34. The third kappa shape index (κ3) is 4.17. The summed E-state index contributed by atoms with van der Waals surface area (Å²) in [5.41, 5.74) is 5.92. The summed E-state index contributed by atoms with van der Waals surface area (Å²) in [6, 6.07) is 20.5. The first kappa shape index (κ1) is 21.4. The maximum absolute atomic E-state index is 9.29.